The Bertz CT molecular complexity index is 555. The molecule has 2 atom stereocenters. The van der Waals surface area contributed by atoms with Crippen LogP contribution in [0.5, 0.6) is 0 Å². The van der Waals surface area contributed by atoms with Gasteiger partial charge in [0.15, 0.2) is 0 Å². The van der Waals surface area contributed by atoms with Crippen molar-refractivity contribution in [1.29, 1.82) is 0 Å². The van der Waals surface area contributed by atoms with Crippen LogP contribution in [0.2, 0.25) is 0 Å². The maximum atomic E-state index is 12.5. The molecule has 5 heteroatoms. The average Bonchev–Trinajstić information content (AvgIpc) is 2.35. The Kier molecular flexibility index (Phi) is 4.28. The van der Waals surface area contributed by atoms with E-state index in [0.717, 1.165) is 30.6 Å². The molecule has 2 N–H and O–H groups in total. The van der Waals surface area contributed by atoms with Crippen LogP contribution in [0.3, 0.4) is 0 Å². The summed E-state index contributed by atoms with van der Waals surface area (Å²) in [5, 5.41) is 3.28. The Hall–Kier alpha value is -0.910. The molecule has 0 saturated carbocycles. The molecule has 0 aromatic heterocycles. The van der Waals surface area contributed by atoms with Crippen LogP contribution < -0.4 is 10.0 Å². The third kappa shape index (κ3) is 3.35. The lowest BCUT2D eigenvalue weighted by molar-refractivity contribution is 0.328. The first-order chi connectivity index (χ1) is 8.90. The largest absolute Gasteiger partial charge is 0.316 e. The summed E-state index contributed by atoms with van der Waals surface area (Å²) < 4.78 is 27.8. The molecule has 1 aliphatic rings. The molecule has 1 saturated heterocycles. The smallest absolute Gasteiger partial charge is 0.241 e. The first kappa shape index (κ1) is 14.5. The molecule has 1 fully saturated rings. The van der Waals surface area contributed by atoms with Crippen LogP contribution in [-0.2, 0) is 10.0 Å². The molecule has 106 valence electrons. The molecule has 1 aromatic carbocycles. The van der Waals surface area contributed by atoms with Gasteiger partial charge in [0.1, 0.15) is 0 Å². The summed E-state index contributed by atoms with van der Waals surface area (Å²) in [6.45, 7) is 7.54. The molecule has 1 aliphatic heterocycles. The number of aryl methyl sites for hydroxylation is 2. The molecule has 2 unspecified atom stereocenters. The summed E-state index contributed by atoms with van der Waals surface area (Å²) in [7, 11) is -3.42. The van der Waals surface area contributed by atoms with Crippen molar-refractivity contribution in [3.05, 3.63) is 29.3 Å². The summed E-state index contributed by atoms with van der Waals surface area (Å²) in [5.41, 5.74) is 1.75. The predicted molar refractivity (Wildman–Crippen MR) is 76.7 cm³/mol. The van der Waals surface area contributed by atoms with E-state index in [1.165, 1.54) is 0 Å². The Labute approximate surface area is 115 Å². The zero-order valence-electron chi connectivity index (χ0n) is 11.7. The van der Waals surface area contributed by atoms with Gasteiger partial charge in [-0.2, -0.15) is 0 Å². The number of rotatable bonds is 3. The van der Waals surface area contributed by atoms with Crippen molar-refractivity contribution in [2.24, 2.45) is 5.92 Å². The van der Waals surface area contributed by atoms with Crippen molar-refractivity contribution in [2.75, 3.05) is 13.1 Å². The fourth-order valence-corrected chi connectivity index (χ4v) is 4.16. The topological polar surface area (TPSA) is 58.2 Å². The number of sulfonamides is 1. The lowest BCUT2D eigenvalue weighted by atomic mass is 9.97. The van der Waals surface area contributed by atoms with E-state index >= 15 is 0 Å². The van der Waals surface area contributed by atoms with Crippen molar-refractivity contribution in [2.45, 2.75) is 38.1 Å². The molecular weight excluding hydrogens is 260 g/mol. The van der Waals surface area contributed by atoms with Crippen molar-refractivity contribution in [3.8, 4) is 0 Å². The van der Waals surface area contributed by atoms with Crippen LogP contribution in [0, 0.1) is 19.8 Å². The van der Waals surface area contributed by atoms with Gasteiger partial charge in [-0.3, -0.25) is 0 Å². The number of nitrogens with one attached hydrogen (secondary N) is 2. The van der Waals surface area contributed by atoms with Crippen molar-refractivity contribution < 1.29 is 8.42 Å². The van der Waals surface area contributed by atoms with Crippen molar-refractivity contribution in [1.82, 2.24) is 10.0 Å². The van der Waals surface area contributed by atoms with Gasteiger partial charge in [-0.05, 0) is 56.5 Å². The molecule has 1 aromatic rings. The molecule has 2 rings (SSSR count). The summed E-state index contributed by atoms with van der Waals surface area (Å²) >= 11 is 0. The molecule has 1 heterocycles. The second-order valence-corrected chi connectivity index (χ2v) is 7.15. The second kappa shape index (κ2) is 5.61. The highest BCUT2D eigenvalue weighted by atomic mass is 32.2. The predicted octanol–water partition coefficient (Wildman–Crippen LogP) is 1.58. The van der Waals surface area contributed by atoms with E-state index in [-0.39, 0.29) is 6.04 Å². The van der Waals surface area contributed by atoms with Crippen LogP contribution in [0.4, 0.5) is 0 Å². The van der Waals surface area contributed by atoms with E-state index in [0.29, 0.717) is 10.8 Å². The number of piperidine rings is 1. The molecule has 19 heavy (non-hydrogen) atoms. The van der Waals surface area contributed by atoms with Crippen molar-refractivity contribution >= 4 is 10.0 Å². The molecular formula is C14H22N2O2S. The third-order valence-corrected chi connectivity index (χ3v) is 5.36. The molecule has 0 aliphatic carbocycles. The second-order valence-electron chi connectivity index (χ2n) is 5.47. The van der Waals surface area contributed by atoms with Gasteiger partial charge in [-0.25, -0.2) is 13.1 Å². The number of hydrogen-bond acceptors (Lipinski definition) is 3. The summed E-state index contributed by atoms with van der Waals surface area (Å²) in [4.78, 5) is 0.401. The fraction of sp³-hybridized carbons (Fsp3) is 0.571. The number of benzene rings is 1. The minimum absolute atomic E-state index is 0.0196. The van der Waals surface area contributed by atoms with Gasteiger partial charge in [0.2, 0.25) is 10.0 Å². The first-order valence-electron chi connectivity index (χ1n) is 6.70. The van der Waals surface area contributed by atoms with E-state index in [1.54, 1.807) is 6.07 Å². The minimum Gasteiger partial charge on any atom is -0.316 e. The van der Waals surface area contributed by atoms with E-state index < -0.39 is 10.0 Å². The number of hydrogen-bond donors (Lipinski definition) is 2. The molecule has 0 amide bonds. The van der Waals surface area contributed by atoms with E-state index in [9.17, 15) is 8.42 Å². The van der Waals surface area contributed by atoms with Crippen LogP contribution in [0.15, 0.2) is 23.1 Å². The quantitative estimate of drug-likeness (QED) is 0.885. The van der Waals surface area contributed by atoms with Gasteiger partial charge in [-0.15, -0.1) is 0 Å². The molecule has 0 bridgehead atoms. The lowest BCUT2D eigenvalue weighted by Gasteiger charge is -2.30. The average molecular weight is 282 g/mol. The van der Waals surface area contributed by atoms with Crippen LogP contribution >= 0.6 is 0 Å². The van der Waals surface area contributed by atoms with Gasteiger partial charge >= 0.3 is 0 Å². The highest BCUT2D eigenvalue weighted by molar-refractivity contribution is 7.89. The summed E-state index contributed by atoms with van der Waals surface area (Å²) in [6, 6.07) is 5.55. The standard InChI is InChI=1S/C14H22N2O2S/c1-10-4-5-11(2)14(8-10)19(17,18)16-13-6-7-15-9-12(13)3/h4-5,8,12-13,15-16H,6-7,9H2,1-3H3. The summed E-state index contributed by atoms with van der Waals surface area (Å²) in [6.07, 6.45) is 0.839. The molecule has 4 nitrogen and oxygen atoms in total. The van der Waals surface area contributed by atoms with Crippen LogP contribution in [-0.4, -0.2) is 27.5 Å². The van der Waals surface area contributed by atoms with E-state index in [4.69, 9.17) is 0 Å². The van der Waals surface area contributed by atoms with E-state index in [1.807, 2.05) is 26.0 Å². The van der Waals surface area contributed by atoms with Crippen molar-refractivity contribution in [3.63, 3.8) is 0 Å². The van der Waals surface area contributed by atoms with Crippen LogP contribution in [0.25, 0.3) is 0 Å². The minimum atomic E-state index is -3.42. The lowest BCUT2D eigenvalue weighted by Crippen LogP contribution is -2.48. The van der Waals surface area contributed by atoms with Gasteiger partial charge in [0, 0.05) is 6.04 Å². The zero-order chi connectivity index (χ0) is 14.0. The Balaban J connectivity index is 2.24. The summed E-state index contributed by atoms with van der Waals surface area (Å²) in [5.74, 6) is 0.314. The van der Waals surface area contributed by atoms with Gasteiger partial charge in [0.05, 0.1) is 4.90 Å². The SMILES string of the molecule is Cc1ccc(C)c(S(=O)(=O)NC2CCNCC2C)c1. The Morgan fingerprint density at radius 3 is 2.74 bits per heavy atom. The normalized spacial score (nSPS) is 24.4. The highest BCUT2D eigenvalue weighted by Gasteiger charge is 2.27. The zero-order valence-corrected chi connectivity index (χ0v) is 12.5. The molecule has 0 radical (unpaired) electrons. The monoisotopic (exact) mass is 282 g/mol. The first-order valence-corrected chi connectivity index (χ1v) is 8.19. The molecule has 0 spiro atoms. The Morgan fingerprint density at radius 1 is 1.32 bits per heavy atom. The van der Waals surface area contributed by atoms with Crippen LogP contribution in [0.1, 0.15) is 24.5 Å². The maximum absolute atomic E-state index is 12.5. The maximum Gasteiger partial charge on any atom is 0.241 e. The fourth-order valence-electron chi connectivity index (χ4n) is 2.45. The van der Waals surface area contributed by atoms with Gasteiger partial charge < -0.3 is 5.32 Å². The van der Waals surface area contributed by atoms with Gasteiger partial charge in [-0.1, -0.05) is 19.1 Å². The Morgan fingerprint density at radius 2 is 2.05 bits per heavy atom. The third-order valence-electron chi connectivity index (χ3n) is 3.73. The van der Waals surface area contributed by atoms with Gasteiger partial charge in [0.25, 0.3) is 0 Å². The highest BCUT2D eigenvalue weighted by Crippen LogP contribution is 2.19. The van der Waals surface area contributed by atoms with E-state index in [2.05, 4.69) is 17.0 Å².